The lowest BCUT2D eigenvalue weighted by Gasteiger charge is -2.33. The van der Waals surface area contributed by atoms with Crippen molar-refractivity contribution in [2.75, 3.05) is 65.3 Å². The lowest BCUT2D eigenvalue weighted by atomic mass is 10.0. The highest BCUT2D eigenvalue weighted by Crippen LogP contribution is 2.34. The summed E-state index contributed by atoms with van der Waals surface area (Å²) in [5.74, 6) is 0.780. The van der Waals surface area contributed by atoms with Crippen molar-refractivity contribution in [3.05, 3.63) is 35.6 Å². The molecule has 0 atom stereocenters. The number of carbonyl (C=O) groups excluding carboxylic acids is 1. The summed E-state index contributed by atoms with van der Waals surface area (Å²) in [5.41, 5.74) is 2.41. The number of benzene rings is 1. The molecule has 0 N–H and O–H groups in total. The van der Waals surface area contributed by atoms with E-state index >= 15 is 0 Å². The molecule has 1 saturated heterocycles. The Balaban J connectivity index is 1.67. The van der Waals surface area contributed by atoms with Crippen LogP contribution in [0.4, 0.5) is 10.3 Å². The van der Waals surface area contributed by atoms with Gasteiger partial charge < -0.3 is 24.1 Å². The van der Waals surface area contributed by atoms with Gasteiger partial charge >= 0.3 is 0 Å². The van der Waals surface area contributed by atoms with E-state index in [9.17, 15) is 9.18 Å². The van der Waals surface area contributed by atoms with Crippen molar-refractivity contribution in [3.8, 4) is 11.3 Å². The fraction of sp³-hybridized carbons (Fsp3) is 0.600. The van der Waals surface area contributed by atoms with Crippen molar-refractivity contribution in [1.82, 2.24) is 19.9 Å². The molecule has 2 fully saturated rings. The molecule has 1 aliphatic carbocycles. The number of likely N-dealkylation sites (N-methyl/N-ethyl adjacent to an activating group) is 2. The molecule has 2 heterocycles. The van der Waals surface area contributed by atoms with Gasteiger partial charge in [-0.1, -0.05) is 18.0 Å². The first-order valence-corrected chi connectivity index (χ1v) is 12.0. The summed E-state index contributed by atoms with van der Waals surface area (Å²) in [7, 11) is 6.17. The summed E-state index contributed by atoms with van der Waals surface area (Å²) < 4.78 is 19.5. The minimum Gasteiger partial charge on any atom is -0.338 e. The zero-order chi connectivity index (χ0) is 23.4. The molecule has 33 heavy (non-hydrogen) atoms. The highest BCUT2D eigenvalue weighted by atomic mass is 19.1. The van der Waals surface area contributed by atoms with Crippen LogP contribution in [0.15, 0.2) is 28.8 Å². The molecule has 0 spiro atoms. The summed E-state index contributed by atoms with van der Waals surface area (Å²) in [6.07, 6.45) is 4.19. The molecule has 4 rings (SSSR count). The molecule has 8 heteroatoms. The third kappa shape index (κ3) is 5.73. The first-order chi connectivity index (χ1) is 15.9. The van der Waals surface area contributed by atoms with Gasteiger partial charge in [0, 0.05) is 50.7 Å². The lowest BCUT2D eigenvalue weighted by Crippen LogP contribution is -2.45. The molecule has 7 nitrogen and oxygen atoms in total. The minimum atomic E-state index is -0.285. The van der Waals surface area contributed by atoms with E-state index in [1.807, 2.05) is 19.0 Å². The fourth-order valence-electron chi connectivity index (χ4n) is 4.75. The molecule has 1 amide bonds. The van der Waals surface area contributed by atoms with Crippen molar-refractivity contribution < 1.29 is 13.7 Å². The third-order valence-corrected chi connectivity index (χ3v) is 6.86. The monoisotopic (exact) mass is 457 g/mol. The predicted molar refractivity (Wildman–Crippen MR) is 128 cm³/mol. The van der Waals surface area contributed by atoms with Gasteiger partial charge in [-0.15, -0.1) is 0 Å². The van der Waals surface area contributed by atoms with E-state index in [1.165, 1.54) is 12.1 Å². The Labute approximate surface area is 196 Å². The molecule has 180 valence electrons. The number of rotatable bonds is 8. The van der Waals surface area contributed by atoms with E-state index in [-0.39, 0.29) is 17.6 Å². The van der Waals surface area contributed by atoms with E-state index in [2.05, 4.69) is 26.9 Å². The van der Waals surface area contributed by atoms with Crippen molar-refractivity contribution in [1.29, 1.82) is 0 Å². The minimum absolute atomic E-state index is 0.105. The first kappa shape index (κ1) is 23.7. The van der Waals surface area contributed by atoms with Crippen LogP contribution in [0.3, 0.4) is 0 Å². The predicted octanol–water partition coefficient (Wildman–Crippen LogP) is 3.31. The van der Waals surface area contributed by atoms with Gasteiger partial charge in [0.05, 0.1) is 12.1 Å². The van der Waals surface area contributed by atoms with Crippen LogP contribution in [0.2, 0.25) is 0 Å². The Morgan fingerprint density at radius 3 is 2.39 bits per heavy atom. The van der Waals surface area contributed by atoms with Crippen molar-refractivity contribution in [2.45, 2.75) is 32.2 Å². The Morgan fingerprint density at radius 1 is 1.09 bits per heavy atom. The van der Waals surface area contributed by atoms with Gasteiger partial charge in [-0.2, -0.15) is 0 Å². The summed E-state index contributed by atoms with van der Waals surface area (Å²) in [4.78, 5) is 22.1. The molecular formula is C25H36FN5O2. The van der Waals surface area contributed by atoms with Crippen molar-refractivity contribution in [2.24, 2.45) is 5.92 Å². The highest BCUT2D eigenvalue weighted by Gasteiger charge is 2.31. The number of nitrogens with zero attached hydrogens (tertiary/aromatic N) is 5. The maximum absolute atomic E-state index is 13.6. The summed E-state index contributed by atoms with van der Waals surface area (Å²) in [6.45, 7) is 5.46. The summed E-state index contributed by atoms with van der Waals surface area (Å²) in [5, 5.41) is 4.41. The Morgan fingerprint density at radius 2 is 1.76 bits per heavy atom. The van der Waals surface area contributed by atoms with Gasteiger partial charge in [-0.3, -0.25) is 4.79 Å². The van der Waals surface area contributed by atoms with Gasteiger partial charge in [0.25, 0.3) is 0 Å². The van der Waals surface area contributed by atoms with E-state index in [0.29, 0.717) is 18.8 Å². The number of amides is 1. The van der Waals surface area contributed by atoms with Gasteiger partial charge in [0.2, 0.25) is 11.8 Å². The SMILES string of the molecule is CN(C)CCN(Cc1c(-c2ccc(F)cc2)noc1N1CCN(C)CC1)C(=O)C1CCCC1. The molecular weight excluding hydrogens is 421 g/mol. The maximum atomic E-state index is 13.6. The number of hydrogen-bond donors (Lipinski definition) is 0. The van der Waals surface area contributed by atoms with Crippen LogP contribution >= 0.6 is 0 Å². The molecule has 1 aromatic carbocycles. The van der Waals surface area contributed by atoms with Gasteiger partial charge in [0.15, 0.2) is 0 Å². The van der Waals surface area contributed by atoms with Gasteiger partial charge in [0.1, 0.15) is 11.5 Å². The van der Waals surface area contributed by atoms with Crippen LogP contribution in [-0.2, 0) is 11.3 Å². The lowest BCUT2D eigenvalue weighted by molar-refractivity contribution is -0.136. The largest absolute Gasteiger partial charge is 0.338 e. The second kappa shape index (κ2) is 10.7. The normalized spacial score (nSPS) is 17.8. The molecule has 2 aliphatic rings. The Hall–Kier alpha value is -2.45. The molecule has 1 aliphatic heterocycles. The zero-order valence-electron chi connectivity index (χ0n) is 20.1. The fourth-order valence-corrected chi connectivity index (χ4v) is 4.75. The molecule has 2 aromatic rings. The van der Waals surface area contributed by atoms with E-state index < -0.39 is 0 Å². The smallest absolute Gasteiger partial charge is 0.232 e. The molecule has 0 bridgehead atoms. The van der Waals surface area contributed by atoms with Crippen LogP contribution in [0.25, 0.3) is 11.3 Å². The number of aromatic nitrogens is 1. The molecule has 0 unspecified atom stereocenters. The van der Waals surface area contributed by atoms with E-state index in [4.69, 9.17) is 4.52 Å². The van der Waals surface area contributed by atoms with Crippen molar-refractivity contribution in [3.63, 3.8) is 0 Å². The summed E-state index contributed by atoms with van der Waals surface area (Å²) >= 11 is 0. The second-order valence-corrected chi connectivity index (χ2v) is 9.66. The van der Waals surface area contributed by atoms with Crippen LogP contribution in [0, 0.1) is 11.7 Å². The highest BCUT2D eigenvalue weighted by molar-refractivity contribution is 5.80. The van der Waals surface area contributed by atoms with Gasteiger partial charge in [-0.25, -0.2) is 4.39 Å². The zero-order valence-corrected chi connectivity index (χ0v) is 20.1. The van der Waals surface area contributed by atoms with Crippen LogP contribution in [0.5, 0.6) is 0 Å². The third-order valence-electron chi connectivity index (χ3n) is 6.86. The number of hydrogen-bond acceptors (Lipinski definition) is 6. The van der Waals surface area contributed by atoms with Crippen LogP contribution in [0.1, 0.15) is 31.2 Å². The molecule has 1 saturated carbocycles. The summed E-state index contributed by atoms with van der Waals surface area (Å²) in [6, 6.07) is 6.34. The standard InChI is InChI=1S/C25H36FN5O2/c1-28(2)12-15-31(24(32)20-6-4-5-7-20)18-22-23(19-8-10-21(26)11-9-19)27-33-25(22)30-16-13-29(3)14-17-30/h8-11,20H,4-7,12-18H2,1-3H3. The Kier molecular flexibility index (Phi) is 7.65. The van der Waals surface area contributed by atoms with Crippen LogP contribution < -0.4 is 4.90 Å². The number of carbonyl (C=O) groups is 1. The molecule has 0 radical (unpaired) electrons. The second-order valence-electron chi connectivity index (χ2n) is 9.66. The van der Waals surface area contributed by atoms with Gasteiger partial charge in [-0.05, 0) is 58.3 Å². The average molecular weight is 458 g/mol. The quantitative estimate of drug-likeness (QED) is 0.606. The number of anilines is 1. The van der Waals surface area contributed by atoms with Crippen LogP contribution in [-0.4, -0.2) is 86.2 Å². The van der Waals surface area contributed by atoms with E-state index in [1.54, 1.807) is 12.1 Å². The number of halogens is 1. The van der Waals surface area contributed by atoms with Crippen molar-refractivity contribution >= 4 is 11.8 Å². The average Bonchev–Trinajstić information content (AvgIpc) is 3.48. The Bertz CT molecular complexity index is 915. The maximum Gasteiger partial charge on any atom is 0.232 e. The molecule has 1 aromatic heterocycles. The topological polar surface area (TPSA) is 56.1 Å². The number of piperazine rings is 1. The first-order valence-electron chi connectivity index (χ1n) is 12.0. The van der Waals surface area contributed by atoms with E-state index in [0.717, 1.165) is 75.4 Å².